The maximum Gasteiger partial charge on any atom is 0.115 e. The quantitative estimate of drug-likeness (QED) is 0.840. The number of hydrogen-bond donors (Lipinski definition) is 2. The lowest BCUT2D eigenvalue weighted by Crippen LogP contribution is -2.45. The highest BCUT2D eigenvalue weighted by molar-refractivity contribution is 5.27. The van der Waals surface area contributed by atoms with Gasteiger partial charge in [0.1, 0.15) is 5.75 Å². The van der Waals surface area contributed by atoms with Crippen LogP contribution in [0.25, 0.3) is 0 Å². The fourth-order valence-corrected chi connectivity index (χ4v) is 2.64. The number of hydrogen-bond acceptors (Lipinski definition) is 3. The van der Waals surface area contributed by atoms with Crippen LogP contribution in [-0.4, -0.2) is 29.1 Å². The largest absolute Gasteiger partial charge is 0.508 e. The molecule has 94 valence electrons. The van der Waals surface area contributed by atoms with Gasteiger partial charge in [-0.05, 0) is 43.0 Å². The lowest BCUT2D eigenvalue weighted by molar-refractivity contribution is 0.115. The second-order valence-corrected chi connectivity index (χ2v) is 5.16. The molecule has 1 aliphatic rings. The van der Waals surface area contributed by atoms with E-state index in [0.29, 0.717) is 11.8 Å². The first-order chi connectivity index (χ1) is 8.19. The zero-order chi connectivity index (χ0) is 12.3. The van der Waals surface area contributed by atoms with E-state index >= 15 is 0 Å². The van der Waals surface area contributed by atoms with E-state index < -0.39 is 0 Å². The van der Waals surface area contributed by atoms with Crippen LogP contribution in [0.5, 0.6) is 5.75 Å². The lowest BCUT2D eigenvalue weighted by Gasteiger charge is -2.38. The van der Waals surface area contributed by atoms with Gasteiger partial charge in [-0.25, -0.2) is 0 Å². The number of piperidine rings is 1. The molecule has 2 unspecified atom stereocenters. The monoisotopic (exact) mass is 234 g/mol. The molecule has 3 nitrogen and oxygen atoms in total. The molecule has 3 N–H and O–H groups in total. The molecule has 0 saturated carbocycles. The Morgan fingerprint density at radius 2 is 2.29 bits per heavy atom. The Morgan fingerprint density at radius 1 is 1.47 bits per heavy atom. The van der Waals surface area contributed by atoms with Crippen molar-refractivity contribution in [3.05, 3.63) is 29.8 Å². The first-order valence-corrected chi connectivity index (χ1v) is 6.41. The van der Waals surface area contributed by atoms with Crippen LogP contribution < -0.4 is 5.73 Å². The number of phenols is 1. The number of nitrogens with zero attached hydrogens (tertiary/aromatic N) is 1. The van der Waals surface area contributed by atoms with E-state index in [0.717, 1.165) is 31.1 Å². The summed E-state index contributed by atoms with van der Waals surface area (Å²) in [4.78, 5) is 2.44. The minimum Gasteiger partial charge on any atom is -0.508 e. The van der Waals surface area contributed by atoms with Crippen molar-refractivity contribution in [2.75, 3.05) is 13.1 Å². The summed E-state index contributed by atoms with van der Waals surface area (Å²) in [6.45, 7) is 5.03. The first-order valence-electron chi connectivity index (χ1n) is 6.41. The molecule has 0 amide bonds. The van der Waals surface area contributed by atoms with Gasteiger partial charge < -0.3 is 10.8 Å². The Balaban J connectivity index is 2.02. The summed E-state index contributed by atoms with van der Waals surface area (Å²) < 4.78 is 0. The molecular formula is C14H22N2O. The SMILES string of the molecule is CC1CCN(Cc2cccc(O)c2)C(CN)C1. The molecule has 2 rings (SSSR count). The maximum atomic E-state index is 9.46. The van der Waals surface area contributed by atoms with E-state index in [2.05, 4.69) is 17.9 Å². The predicted molar refractivity (Wildman–Crippen MR) is 69.8 cm³/mol. The average Bonchev–Trinajstić information content (AvgIpc) is 2.31. The third-order valence-corrected chi connectivity index (χ3v) is 3.67. The minimum absolute atomic E-state index is 0.345. The first kappa shape index (κ1) is 12.4. The Hall–Kier alpha value is -1.06. The smallest absolute Gasteiger partial charge is 0.115 e. The molecule has 1 aliphatic heterocycles. The van der Waals surface area contributed by atoms with Gasteiger partial charge >= 0.3 is 0 Å². The lowest BCUT2D eigenvalue weighted by atomic mass is 9.92. The summed E-state index contributed by atoms with van der Waals surface area (Å²) in [7, 11) is 0. The van der Waals surface area contributed by atoms with Crippen molar-refractivity contribution in [1.82, 2.24) is 4.90 Å². The fourth-order valence-electron chi connectivity index (χ4n) is 2.64. The maximum absolute atomic E-state index is 9.46. The van der Waals surface area contributed by atoms with Crippen LogP contribution in [0.4, 0.5) is 0 Å². The van der Waals surface area contributed by atoms with Gasteiger partial charge in [-0.1, -0.05) is 19.1 Å². The summed E-state index contributed by atoms with van der Waals surface area (Å²) in [6, 6.07) is 7.99. The van der Waals surface area contributed by atoms with E-state index in [4.69, 9.17) is 5.73 Å². The number of benzene rings is 1. The van der Waals surface area contributed by atoms with Crippen LogP contribution in [0.1, 0.15) is 25.3 Å². The van der Waals surface area contributed by atoms with Crippen LogP contribution in [0.3, 0.4) is 0 Å². The van der Waals surface area contributed by atoms with Crippen molar-refractivity contribution < 1.29 is 5.11 Å². The highest BCUT2D eigenvalue weighted by Gasteiger charge is 2.24. The van der Waals surface area contributed by atoms with Gasteiger partial charge in [-0.2, -0.15) is 0 Å². The summed E-state index contributed by atoms with van der Waals surface area (Å²) >= 11 is 0. The summed E-state index contributed by atoms with van der Waals surface area (Å²) in [6.07, 6.45) is 2.44. The molecule has 1 saturated heterocycles. The van der Waals surface area contributed by atoms with Crippen molar-refractivity contribution in [3.63, 3.8) is 0 Å². The van der Waals surface area contributed by atoms with Crippen LogP contribution in [0.2, 0.25) is 0 Å². The van der Waals surface area contributed by atoms with Crippen LogP contribution in [-0.2, 0) is 6.54 Å². The molecule has 0 spiro atoms. The molecule has 0 aliphatic carbocycles. The van der Waals surface area contributed by atoms with Gasteiger partial charge in [0.05, 0.1) is 0 Å². The highest BCUT2D eigenvalue weighted by atomic mass is 16.3. The van der Waals surface area contributed by atoms with Gasteiger partial charge in [-0.15, -0.1) is 0 Å². The number of likely N-dealkylation sites (tertiary alicyclic amines) is 1. The summed E-state index contributed by atoms with van der Waals surface area (Å²) in [5, 5.41) is 9.46. The Kier molecular flexibility index (Phi) is 4.02. The van der Waals surface area contributed by atoms with E-state index in [9.17, 15) is 5.11 Å². The predicted octanol–water partition coefficient (Wildman–Crippen LogP) is 1.95. The van der Waals surface area contributed by atoms with E-state index in [1.807, 2.05) is 12.1 Å². The van der Waals surface area contributed by atoms with E-state index in [-0.39, 0.29) is 0 Å². The molecule has 1 heterocycles. The second-order valence-electron chi connectivity index (χ2n) is 5.16. The zero-order valence-corrected chi connectivity index (χ0v) is 10.5. The van der Waals surface area contributed by atoms with Crippen molar-refractivity contribution in [3.8, 4) is 5.75 Å². The fraction of sp³-hybridized carbons (Fsp3) is 0.571. The Bertz CT molecular complexity index is 367. The molecule has 2 atom stereocenters. The van der Waals surface area contributed by atoms with Crippen LogP contribution >= 0.6 is 0 Å². The summed E-state index contributed by atoms with van der Waals surface area (Å²) in [5.74, 6) is 1.13. The molecule has 3 heteroatoms. The number of rotatable bonds is 3. The van der Waals surface area contributed by atoms with Crippen molar-refractivity contribution in [2.45, 2.75) is 32.4 Å². The molecule has 1 aromatic carbocycles. The van der Waals surface area contributed by atoms with Gasteiger partial charge in [0.15, 0.2) is 0 Å². The van der Waals surface area contributed by atoms with Gasteiger partial charge in [-0.3, -0.25) is 4.90 Å². The van der Waals surface area contributed by atoms with Crippen LogP contribution in [0.15, 0.2) is 24.3 Å². The molecule has 1 aromatic rings. The van der Waals surface area contributed by atoms with Crippen LogP contribution in [0, 0.1) is 5.92 Å². The Morgan fingerprint density at radius 3 is 3.00 bits per heavy atom. The number of phenolic OH excluding ortho intramolecular Hbond substituents is 1. The van der Waals surface area contributed by atoms with Crippen molar-refractivity contribution in [1.29, 1.82) is 0 Å². The third kappa shape index (κ3) is 3.20. The van der Waals surface area contributed by atoms with E-state index in [1.54, 1.807) is 6.07 Å². The van der Waals surface area contributed by atoms with Gasteiger partial charge in [0, 0.05) is 19.1 Å². The van der Waals surface area contributed by atoms with Gasteiger partial charge in [0.25, 0.3) is 0 Å². The average molecular weight is 234 g/mol. The third-order valence-electron chi connectivity index (χ3n) is 3.67. The molecule has 0 aromatic heterocycles. The van der Waals surface area contributed by atoms with Gasteiger partial charge in [0.2, 0.25) is 0 Å². The standard InChI is InChI=1S/C14H22N2O/c1-11-5-6-16(13(7-11)9-15)10-12-3-2-4-14(17)8-12/h2-4,8,11,13,17H,5-7,9-10,15H2,1H3. The van der Waals surface area contributed by atoms with Crippen molar-refractivity contribution >= 4 is 0 Å². The van der Waals surface area contributed by atoms with Crippen molar-refractivity contribution in [2.24, 2.45) is 11.7 Å². The number of aromatic hydroxyl groups is 1. The molecular weight excluding hydrogens is 212 g/mol. The molecule has 0 radical (unpaired) electrons. The summed E-state index contributed by atoms with van der Waals surface area (Å²) in [5.41, 5.74) is 7.01. The molecule has 1 fully saturated rings. The number of nitrogens with two attached hydrogens (primary N) is 1. The Labute approximate surface area is 103 Å². The second kappa shape index (κ2) is 5.52. The zero-order valence-electron chi connectivity index (χ0n) is 10.5. The normalized spacial score (nSPS) is 26.0. The topological polar surface area (TPSA) is 49.5 Å². The molecule has 0 bridgehead atoms. The van der Waals surface area contributed by atoms with E-state index in [1.165, 1.54) is 12.8 Å². The minimum atomic E-state index is 0.345. The highest BCUT2D eigenvalue weighted by Crippen LogP contribution is 2.24. The molecule has 17 heavy (non-hydrogen) atoms.